The van der Waals surface area contributed by atoms with Crippen molar-refractivity contribution in [3.63, 3.8) is 0 Å². The van der Waals surface area contributed by atoms with Crippen LogP contribution in [0.4, 0.5) is 11.4 Å². The molecule has 2 aromatic heterocycles. The van der Waals surface area contributed by atoms with Crippen LogP contribution in [-0.4, -0.2) is 0 Å². The van der Waals surface area contributed by atoms with Crippen molar-refractivity contribution in [2.45, 2.75) is 0 Å². The van der Waals surface area contributed by atoms with E-state index in [1.807, 2.05) is 22.7 Å². The van der Waals surface area contributed by atoms with Crippen LogP contribution in [0.3, 0.4) is 0 Å². The van der Waals surface area contributed by atoms with E-state index in [9.17, 15) is 0 Å². The van der Waals surface area contributed by atoms with Crippen LogP contribution >= 0.6 is 38.6 Å². The Kier molecular flexibility index (Phi) is 4.73. The molecular weight excluding hydrogens is 518 g/mol. The van der Waals surface area contributed by atoms with Crippen LogP contribution in [0.1, 0.15) is 0 Å². The van der Waals surface area contributed by atoms with Gasteiger partial charge in [-0.1, -0.05) is 84.9 Å². The fourth-order valence-corrected chi connectivity index (χ4v) is 7.85. The minimum atomic E-state index is 1.08. The third-order valence-electron chi connectivity index (χ3n) is 6.36. The van der Waals surface area contributed by atoms with Gasteiger partial charge < -0.3 is 5.32 Å². The number of hydrogen-bond acceptors (Lipinski definition) is 3. The van der Waals surface area contributed by atoms with Crippen LogP contribution < -0.4 is 5.32 Å². The van der Waals surface area contributed by atoms with Gasteiger partial charge >= 0.3 is 0 Å². The Labute approximate surface area is 213 Å². The van der Waals surface area contributed by atoms with Crippen LogP contribution in [0, 0.1) is 0 Å². The van der Waals surface area contributed by atoms with Crippen molar-refractivity contribution in [3.8, 4) is 11.1 Å². The number of nitrogens with one attached hydrogen (secondary N) is 1. The topological polar surface area (TPSA) is 12.0 Å². The Morgan fingerprint density at radius 2 is 1.24 bits per heavy atom. The molecule has 7 rings (SSSR count). The molecule has 0 aliphatic heterocycles. The van der Waals surface area contributed by atoms with Crippen LogP contribution in [-0.2, 0) is 0 Å². The van der Waals surface area contributed by atoms with E-state index in [0.29, 0.717) is 0 Å². The second-order valence-corrected chi connectivity index (χ2v) is 11.3. The third-order valence-corrected chi connectivity index (χ3v) is 9.52. The molecule has 0 spiro atoms. The van der Waals surface area contributed by atoms with Crippen LogP contribution in [0.5, 0.6) is 0 Å². The maximum atomic E-state index is 3.82. The lowest BCUT2D eigenvalue weighted by Crippen LogP contribution is -1.91. The Bertz CT molecular complexity index is 1850. The highest BCUT2D eigenvalue weighted by Crippen LogP contribution is 2.46. The molecule has 1 nitrogen and oxygen atoms in total. The molecule has 0 amide bonds. The molecule has 34 heavy (non-hydrogen) atoms. The van der Waals surface area contributed by atoms with Gasteiger partial charge in [-0.2, -0.15) is 0 Å². The molecule has 1 N–H and O–H groups in total. The van der Waals surface area contributed by atoms with E-state index in [1.165, 1.54) is 51.5 Å². The van der Waals surface area contributed by atoms with Crippen LogP contribution in [0.2, 0.25) is 0 Å². The molecular formula is C30H18BrNS2. The zero-order chi connectivity index (χ0) is 22.6. The van der Waals surface area contributed by atoms with Crippen LogP contribution in [0.15, 0.2) is 108 Å². The van der Waals surface area contributed by atoms with Gasteiger partial charge in [0.1, 0.15) is 0 Å². The molecule has 0 aliphatic rings. The summed E-state index contributed by atoms with van der Waals surface area (Å²) < 4.78 is 6.28. The third kappa shape index (κ3) is 3.10. The quantitative estimate of drug-likeness (QED) is 0.237. The van der Waals surface area contributed by atoms with Gasteiger partial charge in [-0.05, 0) is 45.3 Å². The molecule has 7 aromatic rings. The summed E-state index contributed by atoms with van der Waals surface area (Å²) in [6, 6.07) is 36.9. The van der Waals surface area contributed by atoms with Crippen molar-refractivity contribution in [1.82, 2.24) is 0 Å². The molecule has 0 saturated heterocycles. The first-order valence-corrected chi connectivity index (χ1v) is 13.6. The summed E-state index contributed by atoms with van der Waals surface area (Å²) >= 11 is 7.53. The van der Waals surface area contributed by atoms with E-state index in [0.717, 1.165) is 15.8 Å². The maximum absolute atomic E-state index is 3.82. The lowest BCUT2D eigenvalue weighted by atomic mass is 10.0. The van der Waals surface area contributed by atoms with E-state index in [1.54, 1.807) is 0 Å². The SMILES string of the molecule is Brc1ccc2c(sc3ccccc32)c1Nc1cccc2c1sc1c(-c3ccccc3)cccc12. The second-order valence-electron chi connectivity index (χ2n) is 8.35. The van der Waals surface area contributed by atoms with Gasteiger partial charge in [-0.25, -0.2) is 0 Å². The van der Waals surface area contributed by atoms with Gasteiger partial charge in [0.2, 0.25) is 0 Å². The predicted molar refractivity (Wildman–Crippen MR) is 155 cm³/mol. The Balaban J connectivity index is 1.44. The Hall–Kier alpha value is -3.18. The zero-order valence-electron chi connectivity index (χ0n) is 18.0. The smallest absolute Gasteiger partial charge is 0.0710 e. The molecule has 0 fully saturated rings. The first-order valence-electron chi connectivity index (χ1n) is 11.1. The Morgan fingerprint density at radius 1 is 0.529 bits per heavy atom. The van der Waals surface area contributed by atoms with Gasteiger partial charge in [0.15, 0.2) is 0 Å². The van der Waals surface area contributed by atoms with E-state index in [-0.39, 0.29) is 0 Å². The number of benzene rings is 5. The summed E-state index contributed by atoms with van der Waals surface area (Å²) in [5.74, 6) is 0. The average Bonchev–Trinajstić information content (AvgIpc) is 3.45. The standard InChI is InChI=1S/C30H18BrNS2/c31-24-17-16-23-20-10-4-5-15-26(20)33-30(23)27(24)32-25-14-7-13-22-21-12-6-11-19(28(21)34-29(22)25)18-8-2-1-3-9-18/h1-17,32H. The molecule has 162 valence electrons. The lowest BCUT2D eigenvalue weighted by Gasteiger charge is -2.11. The van der Waals surface area contributed by atoms with Crippen molar-refractivity contribution < 1.29 is 0 Å². The largest absolute Gasteiger partial charge is 0.352 e. The number of halogens is 1. The van der Waals surface area contributed by atoms with E-state index >= 15 is 0 Å². The van der Waals surface area contributed by atoms with Crippen LogP contribution in [0.25, 0.3) is 51.5 Å². The first kappa shape index (κ1) is 20.2. The first-order chi connectivity index (χ1) is 16.8. The minimum Gasteiger partial charge on any atom is -0.352 e. The number of thiophene rings is 2. The Morgan fingerprint density at radius 3 is 2.12 bits per heavy atom. The number of anilines is 2. The summed E-state index contributed by atoms with van der Waals surface area (Å²) in [4.78, 5) is 0. The summed E-state index contributed by atoms with van der Waals surface area (Å²) in [5, 5.41) is 9.02. The van der Waals surface area contributed by atoms with Crippen molar-refractivity contribution >= 4 is 90.3 Å². The molecule has 0 aliphatic carbocycles. The fraction of sp³-hybridized carbons (Fsp3) is 0. The molecule has 0 unspecified atom stereocenters. The highest BCUT2D eigenvalue weighted by molar-refractivity contribution is 9.10. The summed E-state index contributed by atoms with van der Waals surface area (Å²) in [7, 11) is 0. The lowest BCUT2D eigenvalue weighted by molar-refractivity contribution is 1.62. The van der Waals surface area contributed by atoms with E-state index < -0.39 is 0 Å². The molecule has 0 atom stereocenters. The predicted octanol–water partition coefficient (Wildman–Crippen LogP) is 10.6. The van der Waals surface area contributed by atoms with E-state index in [2.05, 4.69) is 124 Å². The summed E-state index contributed by atoms with van der Waals surface area (Å²) in [6.07, 6.45) is 0. The molecule has 4 heteroatoms. The highest BCUT2D eigenvalue weighted by atomic mass is 79.9. The van der Waals surface area contributed by atoms with Gasteiger partial charge in [0.05, 0.1) is 20.8 Å². The highest BCUT2D eigenvalue weighted by Gasteiger charge is 2.16. The van der Waals surface area contributed by atoms with Gasteiger partial charge in [0.25, 0.3) is 0 Å². The monoisotopic (exact) mass is 535 g/mol. The van der Waals surface area contributed by atoms with Crippen molar-refractivity contribution in [1.29, 1.82) is 0 Å². The number of hydrogen-bond donors (Lipinski definition) is 1. The van der Waals surface area contributed by atoms with Crippen molar-refractivity contribution in [3.05, 3.63) is 108 Å². The maximum Gasteiger partial charge on any atom is 0.0710 e. The molecule has 0 bridgehead atoms. The zero-order valence-corrected chi connectivity index (χ0v) is 21.2. The van der Waals surface area contributed by atoms with Gasteiger partial charge in [0, 0.05) is 35.4 Å². The molecule has 0 radical (unpaired) electrons. The normalized spacial score (nSPS) is 11.7. The summed E-state index contributed by atoms with van der Waals surface area (Å²) in [5.41, 5.74) is 4.82. The molecule has 0 saturated carbocycles. The fourth-order valence-electron chi connectivity index (χ4n) is 4.78. The molecule has 2 heterocycles. The van der Waals surface area contributed by atoms with E-state index in [4.69, 9.17) is 0 Å². The second kappa shape index (κ2) is 7.95. The number of rotatable bonds is 3. The average molecular weight is 537 g/mol. The number of fused-ring (bicyclic) bond motifs is 6. The summed E-state index contributed by atoms with van der Waals surface area (Å²) in [6.45, 7) is 0. The minimum absolute atomic E-state index is 1.08. The van der Waals surface area contributed by atoms with Gasteiger partial charge in [-0.3, -0.25) is 0 Å². The van der Waals surface area contributed by atoms with Crippen molar-refractivity contribution in [2.75, 3.05) is 5.32 Å². The van der Waals surface area contributed by atoms with Crippen molar-refractivity contribution in [2.24, 2.45) is 0 Å². The van der Waals surface area contributed by atoms with Gasteiger partial charge in [-0.15, -0.1) is 22.7 Å². The molecule has 5 aromatic carbocycles.